The van der Waals surface area contributed by atoms with Crippen molar-refractivity contribution < 1.29 is 20.6 Å². The summed E-state index contributed by atoms with van der Waals surface area (Å²) in [5, 5.41) is 0. The van der Waals surface area contributed by atoms with Crippen LogP contribution in [0.2, 0.25) is 78.6 Å². The van der Waals surface area contributed by atoms with Crippen LogP contribution in [0.4, 0.5) is 0 Å². The van der Waals surface area contributed by atoms with Gasteiger partial charge in [0.1, 0.15) is 0 Å². The fraction of sp³-hybridized carbons (Fsp3) is 1.00. The molecular formula is C12H36Cl2O5Si6. The van der Waals surface area contributed by atoms with Crippen molar-refractivity contribution in [1.82, 2.24) is 0 Å². The van der Waals surface area contributed by atoms with Gasteiger partial charge in [0.15, 0.2) is 8.32 Å². The van der Waals surface area contributed by atoms with Gasteiger partial charge in [-0.15, -0.1) is 22.2 Å². The van der Waals surface area contributed by atoms with Gasteiger partial charge in [0.25, 0.3) is 0 Å². The third kappa shape index (κ3) is 14.3. The molecule has 0 heterocycles. The quantitative estimate of drug-likeness (QED) is 0.283. The van der Waals surface area contributed by atoms with E-state index in [2.05, 4.69) is 32.7 Å². The molecule has 0 aliphatic heterocycles. The molecule has 0 rings (SSSR count). The zero-order valence-electron chi connectivity index (χ0n) is 17.8. The Balaban J connectivity index is 5.01. The molecule has 0 aromatic rings. The lowest BCUT2D eigenvalue weighted by Gasteiger charge is -2.42. The van der Waals surface area contributed by atoms with Crippen molar-refractivity contribution in [3.05, 3.63) is 0 Å². The number of halogens is 2. The Morgan fingerprint density at radius 1 is 0.400 bits per heavy atom. The summed E-state index contributed by atoms with van der Waals surface area (Å²) in [5.74, 6) is 0. The Morgan fingerprint density at radius 2 is 0.640 bits per heavy atom. The van der Waals surface area contributed by atoms with Crippen LogP contribution in [0.5, 0.6) is 0 Å². The van der Waals surface area contributed by atoms with Crippen molar-refractivity contribution in [2.24, 2.45) is 0 Å². The van der Waals surface area contributed by atoms with Crippen LogP contribution in [-0.2, 0) is 20.6 Å². The average molecular weight is 500 g/mol. The van der Waals surface area contributed by atoms with Crippen LogP contribution in [0.15, 0.2) is 0 Å². The first-order valence-electron chi connectivity index (χ1n) is 8.42. The molecule has 0 saturated carbocycles. The summed E-state index contributed by atoms with van der Waals surface area (Å²) >= 11 is 12.2. The molecular weight excluding hydrogens is 464 g/mol. The third-order valence-electron chi connectivity index (χ3n) is 2.45. The first kappa shape index (κ1) is 26.7. The van der Waals surface area contributed by atoms with E-state index in [0.29, 0.717) is 0 Å². The molecule has 0 fully saturated rings. The number of hydrogen-bond donors (Lipinski definition) is 0. The highest BCUT2D eigenvalue weighted by atomic mass is 35.7. The van der Waals surface area contributed by atoms with Gasteiger partial charge in [0, 0.05) is 0 Å². The van der Waals surface area contributed by atoms with Crippen LogP contribution < -0.4 is 0 Å². The fourth-order valence-corrected chi connectivity index (χ4v) is 32.1. The molecule has 0 bridgehead atoms. The van der Waals surface area contributed by atoms with Gasteiger partial charge in [-0.3, -0.25) is 0 Å². The minimum Gasteiger partial charge on any atom is -0.437 e. The molecule has 0 aliphatic rings. The maximum absolute atomic E-state index is 6.41. The van der Waals surface area contributed by atoms with E-state index in [1.54, 1.807) is 6.55 Å². The van der Waals surface area contributed by atoms with Crippen LogP contribution in [0.1, 0.15) is 0 Å². The fourth-order valence-electron chi connectivity index (χ4n) is 3.03. The molecule has 0 spiro atoms. The highest BCUT2D eigenvalue weighted by Gasteiger charge is 2.47. The summed E-state index contributed by atoms with van der Waals surface area (Å²) in [5.41, 5.74) is 0. The lowest BCUT2D eigenvalue weighted by Crippen LogP contribution is -2.59. The zero-order chi connectivity index (χ0) is 20.5. The summed E-state index contributed by atoms with van der Waals surface area (Å²) in [4.78, 5) is 0. The Labute approximate surface area is 170 Å². The van der Waals surface area contributed by atoms with Crippen molar-refractivity contribution in [1.29, 1.82) is 0 Å². The first-order chi connectivity index (χ1) is 10.5. The van der Waals surface area contributed by atoms with Gasteiger partial charge in [-0.2, -0.15) is 0 Å². The Bertz CT molecular complexity index is 408. The molecule has 0 aromatic heterocycles. The van der Waals surface area contributed by atoms with Crippen molar-refractivity contribution in [3.8, 4) is 0 Å². The summed E-state index contributed by atoms with van der Waals surface area (Å²) in [6.07, 6.45) is 0. The molecule has 0 unspecified atom stereocenters. The normalized spacial score (nSPS) is 15.6. The predicted molar refractivity (Wildman–Crippen MR) is 122 cm³/mol. The van der Waals surface area contributed by atoms with E-state index in [9.17, 15) is 0 Å². The Kier molecular flexibility index (Phi) is 9.17. The van der Waals surface area contributed by atoms with E-state index >= 15 is 0 Å². The summed E-state index contributed by atoms with van der Waals surface area (Å²) in [7, 11) is -11.3. The van der Waals surface area contributed by atoms with Crippen molar-refractivity contribution in [2.45, 2.75) is 78.6 Å². The van der Waals surface area contributed by atoms with E-state index in [4.69, 9.17) is 42.7 Å². The van der Waals surface area contributed by atoms with Gasteiger partial charge >= 0.3 is 41.2 Å². The highest BCUT2D eigenvalue weighted by molar-refractivity contribution is 7.43. The number of rotatable bonds is 10. The van der Waals surface area contributed by atoms with E-state index in [1.165, 1.54) is 0 Å². The van der Waals surface area contributed by atoms with Crippen molar-refractivity contribution in [2.75, 3.05) is 0 Å². The molecule has 0 aromatic carbocycles. The van der Waals surface area contributed by atoms with Gasteiger partial charge in [0.05, 0.1) is 0 Å². The van der Waals surface area contributed by atoms with Crippen LogP contribution in [-0.4, -0.2) is 49.5 Å². The molecule has 0 aliphatic carbocycles. The Morgan fingerprint density at radius 3 is 0.880 bits per heavy atom. The van der Waals surface area contributed by atoms with Gasteiger partial charge in [-0.05, 0) is 78.6 Å². The molecule has 0 radical (unpaired) electrons. The average Bonchev–Trinajstić information content (AvgIpc) is 1.97. The summed E-state index contributed by atoms with van der Waals surface area (Å²) in [6, 6.07) is 0. The minimum atomic E-state index is -2.70. The van der Waals surface area contributed by atoms with Crippen LogP contribution in [0, 0.1) is 0 Å². The number of hydrogen-bond acceptors (Lipinski definition) is 5. The highest BCUT2D eigenvalue weighted by Crippen LogP contribution is 2.28. The first-order valence-corrected chi connectivity index (χ1v) is 27.5. The largest absolute Gasteiger partial charge is 0.437 e. The topological polar surface area (TPSA) is 46.2 Å². The molecule has 5 nitrogen and oxygen atoms in total. The molecule has 0 amide bonds. The second kappa shape index (κ2) is 8.59. The van der Waals surface area contributed by atoms with E-state index in [0.717, 1.165) is 0 Å². The standard InChI is InChI=1S/C12H36Cl2O5Si6/c1-20(2,3)15-21(4,5)16-22(6,7)17-23(8,9)18-24(10,11)19-25(12,13)14/h1-12H3. The van der Waals surface area contributed by atoms with E-state index < -0.39 is 49.5 Å². The lowest BCUT2D eigenvalue weighted by atomic mass is 11.8. The summed E-state index contributed by atoms with van der Waals surface area (Å²) in [6.45, 7) is 21.7. The monoisotopic (exact) mass is 498 g/mol. The smallest absolute Gasteiger partial charge is 0.377 e. The Hall–Kier alpha value is 1.68. The maximum Gasteiger partial charge on any atom is 0.377 e. The van der Waals surface area contributed by atoms with Gasteiger partial charge in [0.2, 0.25) is 0 Å². The minimum absolute atomic E-state index is 1.67. The maximum atomic E-state index is 6.41. The van der Waals surface area contributed by atoms with E-state index in [1.807, 2.05) is 39.3 Å². The van der Waals surface area contributed by atoms with Crippen molar-refractivity contribution in [3.63, 3.8) is 0 Å². The molecule has 0 N–H and O–H groups in total. The van der Waals surface area contributed by atoms with Crippen LogP contribution in [0.25, 0.3) is 0 Å². The van der Waals surface area contributed by atoms with Gasteiger partial charge in [-0.1, -0.05) is 0 Å². The third-order valence-corrected chi connectivity index (χ3v) is 23.5. The predicted octanol–water partition coefficient (Wildman–Crippen LogP) is 5.76. The van der Waals surface area contributed by atoms with Gasteiger partial charge < -0.3 is 20.6 Å². The molecule has 0 saturated heterocycles. The molecule has 13 heteroatoms. The summed E-state index contributed by atoms with van der Waals surface area (Å²) < 4.78 is 31.2. The molecule has 0 atom stereocenters. The second-order valence-corrected chi connectivity index (χ2v) is 35.1. The molecule has 152 valence electrons. The van der Waals surface area contributed by atoms with Gasteiger partial charge in [-0.25, -0.2) is 0 Å². The van der Waals surface area contributed by atoms with Crippen LogP contribution in [0.3, 0.4) is 0 Å². The lowest BCUT2D eigenvalue weighted by molar-refractivity contribution is 0.284. The second-order valence-electron chi connectivity index (χ2n) is 9.03. The zero-order valence-corrected chi connectivity index (χ0v) is 25.3. The van der Waals surface area contributed by atoms with Crippen molar-refractivity contribution >= 4 is 71.7 Å². The SMILES string of the molecule is C[Si](C)(C)O[Si](C)(C)O[Si](C)(C)O[Si](C)(C)O[Si](C)(C)O[Si](C)(Cl)Cl. The van der Waals surface area contributed by atoms with E-state index in [-0.39, 0.29) is 0 Å². The van der Waals surface area contributed by atoms with Crippen LogP contribution >= 0.6 is 22.2 Å². The molecule has 25 heavy (non-hydrogen) atoms.